The summed E-state index contributed by atoms with van der Waals surface area (Å²) in [5, 5.41) is 3.40. The molecule has 2 heterocycles. The summed E-state index contributed by atoms with van der Waals surface area (Å²) >= 11 is 0. The van der Waals surface area contributed by atoms with Crippen molar-refractivity contribution in [3.63, 3.8) is 0 Å². The van der Waals surface area contributed by atoms with E-state index in [1.165, 1.54) is 18.5 Å². The molecule has 1 N–H and O–H groups in total. The quantitative estimate of drug-likeness (QED) is 0.236. The van der Waals surface area contributed by atoms with Crippen molar-refractivity contribution in [1.29, 1.82) is 0 Å². The number of nitrogens with one attached hydrogen (secondary N) is 1. The highest BCUT2D eigenvalue weighted by atomic mass is 16.1. The molecule has 1 aliphatic rings. The normalized spacial score (nSPS) is 15.0. The van der Waals surface area contributed by atoms with E-state index in [4.69, 9.17) is 0 Å². The largest absolute Gasteiger partial charge is 0.369 e. The van der Waals surface area contributed by atoms with E-state index >= 15 is 0 Å². The second-order valence-corrected chi connectivity index (χ2v) is 10.2. The van der Waals surface area contributed by atoms with E-state index < -0.39 is 0 Å². The van der Waals surface area contributed by atoms with Gasteiger partial charge in [0.1, 0.15) is 0 Å². The van der Waals surface area contributed by atoms with E-state index in [-0.39, 0.29) is 11.6 Å². The van der Waals surface area contributed by atoms with Crippen molar-refractivity contribution in [3.05, 3.63) is 114 Å². The van der Waals surface area contributed by atoms with Crippen molar-refractivity contribution < 1.29 is 9.59 Å². The van der Waals surface area contributed by atoms with E-state index in [0.29, 0.717) is 18.9 Å². The minimum absolute atomic E-state index is 0.107. The third kappa shape index (κ3) is 5.88. The van der Waals surface area contributed by atoms with Gasteiger partial charge in [-0.3, -0.25) is 9.59 Å². The Kier molecular flexibility index (Phi) is 7.73. The predicted octanol–water partition coefficient (Wildman–Crippen LogP) is 7.00. The van der Waals surface area contributed by atoms with Crippen LogP contribution in [0.15, 0.2) is 91.1 Å². The summed E-state index contributed by atoms with van der Waals surface area (Å²) in [6.07, 6.45) is 6.29. The minimum atomic E-state index is 0.107. The molecule has 194 valence electrons. The van der Waals surface area contributed by atoms with Crippen LogP contribution in [0.5, 0.6) is 0 Å². The van der Waals surface area contributed by atoms with Gasteiger partial charge >= 0.3 is 0 Å². The van der Waals surface area contributed by atoms with Gasteiger partial charge in [0, 0.05) is 61.3 Å². The van der Waals surface area contributed by atoms with Gasteiger partial charge in [0.05, 0.1) is 5.69 Å². The first kappa shape index (κ1) is 25.5. The molecule has 38 heavy (non-hydrogen) atoms. The molecular formula is C33H35N3O2. The smallest absolute Gasteiger partial charge is 0.183 e. The molecule has 0 aliphatic carbocycles. The SMILES string of the molecule is CC[C@@H]1CCCN1c1ccc(C(=O)Cc2ccc(Nc3ccc(CC(=O)c4cccn4C)cc3)cc2)cc1. The number of benzene rings is 3. The van der Waals surface area contributed by atoms with Crippen molar-refractivity contribution in [3.8, 4) is 0 Å². The van der Waals surface area contributed by atoms with Crippen molar-refractivity contribution in [1.82, 2.24) is 4.57 Å². The zero-order chi connectivity index (χ0) is 26.5. The molecule has 0 spiro atoms. The maximum absolute atomic E-state index is 12.9. The lowest BCUT2D eigenvalue weighted by Gasteiger charge is -2.26. The number of aryl methyl sites for hydroxylation is 1. The van der Waals surface area contributed by atoms with Crippen LogP contribution in [-0.4, -0.2) is 28.7 Å². The molecule has 5 rings (SSSR count). The molecule has 0 amide bonds. The fourth-order valence-electron chi connectivity index (χ4n) is 5.33. The molecule has 0 radical (unpaired) electrons. The highest BCUT2D eigenvalue weighted by Crippen LogP contribution is 2.28. The molecule has 1 fully saturated rings. The van der Waals surface area contributed by atoms with Crippen molar-refractivity contribution >= 4 is 28.6 Å². The standard InChI is InChI=1S/C33H35N3O2/c1-3-29-6-4-21-36(29)30-18-12-26(13-19-30)32(37)22-24-8-14-27(15-9-24)34-28-16-10-25(11-17-28)23-33(38)31-7-5-20-35(31)2/h5,7-20,29,34H,3-4,6,21-23H2,1-2H3/t29-/m1/s1. The molecule has 4 aromatic rings. The van der Waals surface area contributed by atoms with E-state index in [1.54, 1.807) is 0 Å². The van der Waals surface area contributed by atoms with E-state index in [2.05, 4.69) is 29.3 Å². The predicted molar refractivity (Wildman–Crippen MR) is 155 cm³/mol. The minimum Gasteiger partial charge on any atom is -0.369 e. The van der Waals surface area contributed by atoms with Crippen LogP contribution in [0.1, 0.15) is 58.2 Å². The molecule has 0 saturated carbocycles. The number of hydrogen-bond donors (Lipinski definition) is 1. The summed E-state index contributed by atoms with van der Waals surface area (Å²) < 4.78 is 1.85. The molecule has 3 aromatic carbocycles. The molecule has 1 aliphatic heterocycles. The van der Waals surface area contributed by atoms with E-state index in [1.807, 2.05) is 90.6 Å². The summed E-state index contributed by atoms with van der Waals surface area (Å²) in [6.45, 7) is 3.35. The summed E-state index contributed by atoms with van der Waals surface area (Å²) in [6, 6.07) is 28.4. The first-order valence-electron chi connectivity index (χ1n) is 13.5. The molecule has 5 nitrogen and oxygen atoms in total. The zero-order valence-corrected chi connectivity index (χ0v) is 22.2. The lowest BCUT2D eigenvalue weighted by atomic mass is 10.0. The lowest BCUT2D eigenvalue weighted by Crippen LogP contribution is -2.28. The Morgan fingerprint density at radius 3 is 1.97 bits per heavy atom. The number of Topliss-reactive ketones (excluding diaryl/α,β-unsaturated/α-hetero) is 2. The number of anilines is 3. The third-order valence-electron chi connectivity index (χ3n) is 7.52. The molecule has 0 bridgehead atoms. The van der Waals surface area contributed by atoms with Gasteiger partial charge in [-0.05, 0) is 91.1 Å². The number of nitrogens with zero attached hydrogens (tertiary/aromatic N) is 2. The van der Waals surface area contributed by atoms with Crippen LogP contribution >= 0.6 is 0 Å². The van der Waals surface area contributed by atoms with Gasteiger partial charge in [-0.15, -0.1) is 0 Å². The van der Waals surface area contributed by atoms with Crippen LogP contribution in [0.4, 0.5) is 17.1 Å². The highest BCUT2D eigenvalue weighted by Gasteiger charge is 2.23. The average molecular weight is 506 g/mol. The zero-order valence-electron chi connectivity index (χ0n) is 22.2. The maximum atomic E-state index is 12.9. The first-order chi connectivity index (χ1) is 18.5. The van der Waals surface area contributed by atoms with E-state index in [0.717, 1.165) is 46.7 Å². The van der Waals surface area contributed by atoms with Gasteiger partial charge in [0.25, 0.3) is 0 Å². The average Bonchev–Trinajstić information content (AvgIpc) is 3.60. The summed E-state index contributed by atoms with van der Waals surface area (Å²) in [4.78, 5) is 27.9. The Labute approximate surface area is 225 Å². The van der Waals surface area contributed by atoms with Crippen LogP contribution < -0.4 is 10.2 Å². The van der Waals surface area contributed by atoms with Crippen molar-refractivity contribution in [2.45, 2.75) is 45.1 Å². The summed E-state index contributed by atoms with van der Waals surface area (Å²) in [5.41, 5.74) is 6.57. The van der Waals surface area contributed by atoms with E-state index in [9.17, 15) is 9.59 Å². The molecule has 5 heteroatoms. The Balaban J connectivity index is 1.14. The van der Waals surface area contributed by atoms with Gasteiger partial charge in [-0.25, -0.2) is 0 Å². The first-order valence-corrected chi connectivity index (χ1v) is 13.5. The van der Waals surface area contributed by atoms with Crippen LogP contribution in [-0.2, 0) is 19.9 Å². The molecule has 1 saturated heterocycles. The number of aromatic nitrogens is 1. The molecular weight excluding hydrogens is 470 g/mol. The topological polar surface area (TPSA) is 54.3 Å². The Hall–Kier alpha value is -4.12. The number of carbonyl (C=O) groups excluding carboxylic acids is 2. The lowest BCUT2D eigenvalue weighted by molar-refractivity contribution is 0.0980. The number of hydrogen-bond acceptors (Lipinski definition) is 4. The second-order valence-electron chi connectivity index (χ2n) is 10.2. The fraction of sp³-hybridized carbons (Fsp3) is 0.273. The monoisotopic (exact) mass is 505 g/mol. The second kappa shape index (κ2) is 11.5. The maximum Gasteiger partial charge on any atom is 0.183 e. The van der Waals surface area contributed by atoms with Crippen LogP contribution in [0.25, 0.3) is 0 Å². The van der Waals surface area contributed by atoms with Gasteiger partial charge in [0.2, 0.25) is 0 Å². The third-order valence-corrected chi connectivity index (χ3v) is 7.52. The fourth-order valence-corrected chi connectivity index (χ4v) is 5.33. The Bertz CT molecular complexity index is 1390. The Morgan fingerprint density at radius 2 is 1.42 bits per heavy atom. The van der Waals surface area contributed by atoms with Crippen LogP contribution in [0.2, 0.25) is 0 Å². The van der Waals surface area contributed by atoms with Crippen molar-refractivity contribution in [2.24, 2.45) is 7.05 Å². The molecule has 1 atom stereocenters. The number of ketones is 2. The molecule has 1 aromatic heterocycles. The van der Waals surface area contributed by atoms with Gasteiger partial charge in [-0.1, -0.05) is 31.2 Å². The van der Waals surface area contributed by atoms with Crippen LogP contribution in [0, 0.1) is 0 Å². The number of rotatable bonds is 10. The van der Waals surface area contributed by atoms with Crippen LogP contribution in [0.3, 0.4) is 0 Å². The highest BCUT2D eigenvalue weighted by molar-refractivity contribution is 5.98. The Morgan fingerprint density at radius 1 is 0.816 bits per heavy atom. The van der Waals surface area contributed by atoms with Gasteiger partial charge in [-0.2, -0.15) is 0 Å². The number of carbonyl (C=O) groups is 2. The van der Waals surface area contributed by atoms with Crippen molar-refractivity contribution in [2.75, 3.05) is 16.8 Å². The molecule has 0 unspecified atom stereocenters. The summed E-state index contributed by atoms with van der Waals surface area (Å²) in [7, 11) is 1.88. The summed E-state index contributed by atoms with van der Waals surface area (Å²) in [5.74, 6) is 0.238. The van der Waals surface area contributed by atoms with Gasteiger partial charge in [0.15, 0.2) is 11.6 Å². The van der Waals surface area contributed by atoms with Gasteiger partial charge < -0.3 is 14.8 Å².